The minimum atomic E-state index is -1.39. The van der Waals surface area contributed by atoms with E-state index in [1.807, 2.05) is 0 Å². The fourth-order valence-corrected chi connectivity index (χ4v) is 5.17. The summed E-state index contributed by atoms with van der Waals surface area (Å²) in [5.74, 6) is 1.14. The molecule has 0 bridgehead atoms. The number of hydrogen-bond acceptors (Lipinski definition) is 1. The molecule has 0 aliphatic heterocycles. The Hall–Kier alpha value is -0.340. The molecule has 2 atom stereocenters. The minimum Gasteiger partial charge on any atom is -1.00 e. The second-order valence-corrected chi connectivity index (χ2v) is 8.81. The van der Waals surface area contributed by atoms with Crippen molar-refractivity contribution < 1.29 is 54.0 Å². The average molecular weight is 428 g/mol. The van der Waals surface area contributed by atoms with E-state index >= 15 is 0 Å². The quantitative estimate of drug-likeness (QED) is 0.485. The number of rotatable bonds is 3. The molecule has 0 spiro atoms. The summed E-state index contributed by atoms with van der Waals surface area (Å²) in [7, 11) is -1.39. The van der Waals surface area contributed by atoms with Gasteiger partial charge in [-0.3, -0.25) is 0 Å². The summed E-state index contributed by atoms with van der Waals surface area (Å²) in [6, 6.07) is 19.3. The summed E-state index contributed by atoms with van der Waals surface area (Å²) in [5, 5.41) is 1.36. The van der Waals surface area contributed by atoms with Gasteiger partial charge in [0.1, 0.15) is 0 Å². The molecule has 3 rings (SSSR count). The van der Waals surface area contributed by atoms with E-state index < -0.39 is 9.04 Å². The van der Waals surface area contributed by atoms with E-state index in [0.717, 1.165) is 5.76 Å². The molecule has 22 heavy (non-hydrogen) atoms. The number of fused-ring (bicyclic) bond motifs is 1. The fraction of sp³-hybridized carbons (Fsp3) is 0.176. The van der Waals surface area contributed by atoms with Crippen LogP contribution in [-0.2, 0) is 29.1 Å². The van der Waals surface area contributed by atoms with Crippen LogP contribution in [0.25, 0.3) is 5.76 Å². The summed E-state index contributed by atoms with van der Waals surface area (Å²) < 4.78 is 7.00. The van der Waals surface area contributed by atoms with Crippen LogP contribution in [0.2, 0.25) is 6.55 Å². The third-order valence-electron chi connectivity index (χ3n) is 3.87. The molecule has 0 saturated carbocycles. The van der Waals surface area contributed by atoms with E-state index in [2.05, 4.69) is 68.1 Å². The van der Waals surface area contributed by atoms with Crippen LogP contribution in [0.1, 0.15) is 21.7 Å². The van der Waals surface area contributed by atoms with Crippen LogP contribution in [0.5, 0.6) is 0 Å². The van der Waals surface area contributed by atoms with Crippen molar-refractivity contribution in [2.24, 2.45) is 0 Å². The second-order valence-electron chi connectivity index (χ2n) is 5.20. The topological polar surface area (TPSA) is 9.23 Å². The van der Waals surface area contributed by atoms with Crippen LogP contribution < -0.4 is 30.0 Å². The average Bonchev–Trinajstić information content (AvgIpc) is 2.74. The third-order valence-corrected chi connectivity index (χ3v) is 7.61. The van der Waals surface area contributed by atoms with Gasteiger partial charge in [0.25, 0.3) is 0 Å². The molecule has 1 aliphatic carbocycles. The number of halogens is 2. The molecule has 0 aromatic heterocycles. The van der Waals surface area contributed by atoms with Gasteiger partial charge in [-0.1, -0.05) is 0 Å². The SMILES string of the molecule is CC1=C(O[SiH](C)c2ccccc2)c2ccccc2[CH]1[Zr+2].[Cl-].[Cl-]. The van der Waals surface area contributed by atoms with E-state index in [0.29, 0.717) is 3.63 Å². The first-order valence-electron chi connectivity index (χ1n) is 6.91. The predicted octanol–water partition coefficient (Wildman–Crippen LogP) is -2.70. The Morgan fingerprint density at radius 2 is 1.55 bits per heavy atom. The number of hydrogen-bond donors (Lipinski definition) is 0. The molecule has 0 heterocycles. The predicted molar refractivity (Wildman–Crippen MR) is 82.0 cm³/mol. The monoisotopic (exact) mass is 425 g/mol. The summed E-state index contributed by atoms with van der Waals surface area (Å²) in [5.41, 5.74) is 4.15. The molecule has 2 aromatic carbocycles. The normalized spacial score (nSPS) is 17.2. The number of allylic oxidation sites excluding steroid dienone is 1. The van der Waals surface area contributed by atoms with Crippen LogP contribution in [0.15, 0.2) is 60.2 Å². The molecule has 0 N–H and O–H groups in total. The van der Waals surface area contributed by atoms with Gasteiger partial charge in [0.15, 0.2) is 0 Å². The minimum absolute atomic E-state index is 0. The third kappa shape index (κ3) is 3.76. The van der Waals surface area contributed by atoms with Gasteiger partial charge in [0.2, 0.25) is 0 Å². The van der Waals surface area contributed by atoms with E-state index in [1.54, 1.807) is 24.7 Å². The summed E-state index contributed by atoms with van der Waals surface area (Å²) in [6.07, 6.45) is 0. The van der Waals surface area contributed by atoms with Crippen molar-refractivity contribution in [3.63, 3.8) is 0 Å². The molecular formula is C17H17Cl2OSiZr. The Kier molecular flexibility index (Phi) is 7.61. The molecule has 113 valence electrons. The van der Waals surface area contributed by atoms with Gasteiger partial charge in [-0.05, 0) is 0 Å². The van der Waals surface area contributed by atoms with E-state index in [1.165, 1.54) is 21.9 Å². The van der Waals surface area contributed by atoms with Crippen molar-refractivity contribution in [2.75, 3.05) is 0 Å². The standard InChI is InChI=1S/C17H17OSi.2ClH.Zr/c1-13-12-14-8-6-7-11-16(14)17(13)18-19(2)15-9-4-3-5-10-15;;;/h3-12,19H,1-2H3;2*1H;/q;;;+2/p-2. The maximum Gasteiger partial charge on any atom is -1.00 e. The van der Waals surface area contributed by atoms with Crippen molar-refractivity contribution >= 4 is 20.0 Å². The van der Waals surface area contributed by atoms with E-state index in [-0.39, 0.29) is 24.8 Å². The van der Waals surface area contributed by atoms with Crippen LogP contribution in [-0.4, -0.2) is 9.04 Å². The number of benzene rings is 2. The van der Waals surface area contributed by atoms with E-state index in [4.69, 9.17) is 4.43 Å². The van der Waals surface area contributed by atoms with Crippen molar-refractivity contribution in [3.05, 3.63) is 71.3 Å². The molecule has 0 saturated heterocycles. The van der Waals surface area contributed by atoms with Gasteiger partial charge in [-0.2, -0.15) is 0 Å². The van der Waals surface area contributed by atoms with Gasteiger partial charge in [-0.25, -0.2) is 0 Å². The van der Waals surface area contributed by atoms with Gasteiger partial charge >= 0.3 is 138 Å². The molecule has 2 aromatic rings. The first-order chi connectivity index (χ1) is 9.68. The zero-order valence-corrected chi connectivity index (χ0v) is 17.6. The smallest absolute Gasteiger partial charge is 1.00 e. The van der Waals surface area contributed by atoms with Crippen molar-refractivity contribution in [1.29, 1.82) is 0 Å². The molecule has 0 amide bonds. The summed E-state index contributed by atoms with van der Waals surface area (Å²) >= 11 is 1.54. The Morgan fingerprint density at radius 1 is 0.955 bits per heavy atom. The fourth-order valence-electron chi connectivity index (χ4n) is 2.66. The summed E-state index contributed by atoms with van der Waals surface area (Å²) in [4.78, 5) is 0. The Labute approximate surface area is 161 Å². The van der Waals surface area contributed by atoms with Gasteiger partial charge in [0, 0.05) is 0 Å². The molecule has 2 unspecified atom stereocenters. The largest absolute Gasteiger partial charge is 1.00 e. The van der Waals surface area contributed by atoms with Crippen molar-refractivity contribution in [3.8, 4) is 0 Å². The van der Waals surface area contributed by atoms with Crippen LogP contribution in [0, 0.1) is 0 Å². The maximum absolute atomic E-state index is 6.44. The first-order valence-corrected chi connectivity index (χ1v) is 10.5. The van der Waals surface area contributed by atoms with Gasteiger partial charge in [0.05, 0.1) is 0 Å². The Morgan fingerprint density at radius 3 is 2.23 bits per heavy atom. The first kappa shape index (κ1) is 19.7. The molecule has 0 fully saturated rings. The summed E-state index contributed by atoms with van der Waals surface area (Å²) in [6.45, 7) is 4.48. The molecule has 0 radical (unpaired) electrons. The molecule has 1 aliphatic rings. The van der Waals surface area contributed by atoms with Crippen molar-refractivity contribution in [1.82, 2.24) is 0 Å². The Bertz CT molecular complexity index is 661. The van der Waals surface area contributed by atoms with Crippen molar-refractivity contribution in [2.45, 2.75) is 17.1 Å². The van der Waals surface area contributed by atoms with Gasteiger partial charge < -0.3 is 24.8 Å². The van der Waals surface area contributed by atoms with Crippen LogP contribution >= 0.6 is 0 Å². The molecular weight excluding hydrogens is 410 g/mol. The molecule has 5 heteroatoms. The maximum atomic E-state index is 6.44. The second kappa shape index (κ2) is 8.49. The molecule has 1 nitrogen and oxygen atoms in total. The Balaban J connectivity index is 0.00000121. The zero-order valence-electron chi connectivity index (χ0n) is 12.5. The van der Waals surface area contributed by atoms with Crippen LogP contribution in [0.4, 0.5) is 0 Å². The van der Waals surface area contributed by atoms with E-state index in [9.17, 15) is 0 Å². The van der Waals surface area contributed by atoms with Crippen LogP contribution in [0.3, 0.4) is 0 Å². The zero-order chi connectivity index (χ0) is 14.1. The van der Waals surface area contributed by atoms with Gasteiger partial charge in [-0.15, -0.1) is 0 Å².